The first-order valence-electron chi connectivity index (χ1n) is 5.23. The summed E-state index contributed by atoms with van der Waals surface area (Å²) < 4.78 is 0. The van der Waals surface area contributed by atoms with E-state index in [-0.39, 0.29) is 17.7 Å². The van der Waals surface area contributed by atoms with Gasteiger partial charge >= 0.3 is 0 Å². The Morgan fingerprint density at radius 2 is 2.36 bits per heavy atom. The number of allylic oxidation sites excluding steroid dienone is 2. The molecule has 0 bridgehead atoms. The van der Waals surface area contributed by atoms with Crippen molar-refractivity contribution in [2.24, 2.45) is 11.8 Å². The molecule has 3 heteroatoms. The molecule has 3 nitrogen and oxygen atoms in total. The van der Waals surface area contributed by atoms with Gasteiger partial charge in [0.15, 0.2) is 0 Å². The highest BCUT2D eigenvalue weighted by atomic mass is 16.3. The maximum Gasteiger partial charge on any atom is 0.226 e. The van der Waals surface area contributed by atoms with Crippen molar-refractivity contribution in [1.29, 1.82) is 0 Å². The molecule has 0 aliphatic heterocycles. The largest absolute Gasteiger partial charge is 0.393 e. The molecular weight excluding hydrogens is 178 g/mol. The molecule has 0 aromatic carbocycles. The number of aliphatic hydroxyl groups is 1. The zero-order valence-corrected chi connectivity index (χ0v) is 8.86. The maximum absolute atomic E-state index is 11.5. The van der Waals surface area contributed by atoms with Crippen LogP contribution in [0.25, 0.3) is 0 Å². The summed E-state index contributed by atoms with van der Waals surface area (Å²) >= 11 is 0. The Labute approximate surface area is 85.2 Å². The Hall–Kier alpha value is -0.830. The predicted octanol–water partition coefficient (Wildman–Crippen LogP) is 1.09. The molecule has 0 saturated heterocycles. The quantitative estimate of drug-likeness (QED) is 0.665. The van der Waals surface area contributed by atoms with Crippen molar-refractivity contribution in [3.05, 3.63) is 12.2 Å². The number of aliphatic hydroxyl groups excluding tert-OH is 1. The van der Waals surface area contributed by atoms with Crippen LogP contribution in [-0.2, 0) is 4.79 Å². The highest BCUT2D eigenvalue weighted by Crippen LogP contribution is 2.27. The molecule has 1 amide bonds. The highest BCUT2D eigenvalue weighted by molar-refractivity contribution is 5.79. The van der Waals surface area contributed by atoms with Crippen molar-refractivity contribution < 1.29 is 9.90 Å². The Kier molecular flexibility index (Phi) is 4.14. The van der Waals surface area contributed by atoms with Crippen LogP contribution in [0.1, 0.15) is 26.2 Å². The Balaban J connectivity index is 2.70. The average molecular weight is 197 g/mol. The van der Waals surface area contributed by atoms with Gasteiger partial charge < -0.3 is 10.4 Å². The van der Waals surface area contributed by atoms with Gasteiger partial charge in [0, 0.05) is 7.05 Å². The normalized spacial score (nSPS) is 25.5. The Bertz CT molecular complexity index is 223. The van der Waals surface area contributed by atoms with E-state index < -0.39 is 6.10 Å². The fourth-order valence-electron chi connectivity index (χ4n) is 2.08. The van der Waals surface area contributed by atoms with Gasteiger partial charge in [0.05, 0.1) is 12.0 Å². The van der Waals surface area contributed by atoms with Gasteiger partial charge in [-0.1, -0.05) is 12.2 Å². The van der Waals surface area contributed by atoms with Gasteiger partial charge in [0.1, 0.15) is 0 Å². The molecule has 14 heavy (non-hydrogen) atoms. The van der Waals surface area contributed by atoms with Crippen molar-refractivity contribution in [2.45, 2.75) is 32.3 Å². The second kappa shape index (κ2) is 5.15. The third-order valence-corrected chi connectivity index (χ3v) is 2.82. The van der Waals surface area contributed by atoms with E-state index >= 15 is 0 Å². The molecule has 0 fully saturated rings. The fourth-order valence-corrected chi connectivity index (χ4v) is 2.08. The smallest absolute Gasteiger partial charge is 0.226 e. The fraction of sp³-hybridized carbons (Fsp3) is 0.727. The van der Waals surface area contributed by atoms with Gasteiger partial charge in [-0.05, 0) is 32.1 Å². The molecule has 3 unspecified atom stereocenters. The van der Waals surface area contributed by atoms with Gasteiger partial charge in [-0.2, -0.15) is 0 Å². The van der Waals surface area contributed by atoms with E-state index in [1.165, 1.54) is 0 Å². The zero-order chi connectivity index (χ0) is 10.6. The molecule has 80 valence electrons. The van der Waals surface area contributed by atoms with Crippen molar-refractivity contribution in [1.82, 2.24) is 5.32 Å². The molecule has 0 heterocycles. The number of carbonyl (C=O) groups excluding carboxylic acids is 1. The zero-order valence-electron chi connectivity index (χ0n) is 8.86. The van der Waals surface area contributed by atoms with Gasteiger partial charge in [-0.3, -0.25) is 4.79 Å². The minimum atomic E-state index is -0.581. The van der Waals surface area contributed by atoms with Gasteiger partial charge in [-0.15, -0.1) is 0 Å². The summed E-state index contributed by atoms with van der Waals surface area (Å²) in [6.07, 6.45) is 6.79. The SMILES string of the molecule is CNC(=O)C(C(C)O)C1C=CCCC1. The first-order valence-corrected chi connectivity index (χ1v) is 5.23. The molecule has 0 spiro atoms. The van der Waals surface area contributed by atoms with E-state index in [1.807, 2.05) is 0 Å². The summed E-state index contributed by atoms with van der Waals surface area (Å²) in [5, 5.41) is 12.2. The number of hydrogen-bond donors (Lipinski definition) is 2. The van der Waals surface area contributed by atoms with E-state index in [1.54, 1.807) is 14.0 Å². The number of carbonyl (C=O) groups is 1. The Morgan fingerprint density at radius 1 is 1.64 bits per heavy atom. The minimum absolute atomic E-state index is 0.0587. The lowest BCUT2D eigenvalue weighted by atomic mass is 9.81. The van der Waals surface area contributed by atoms with Crippen LogP contribution in [0.2, 0.25) is 0 Å². The summed E-state index contributed by atoms with van der Waals surface area (Å²) in [4.78, 5) is 11.5. The minimum Gasteiger partial charge on any atom is -0.393 e. The lowest BCUT2D eigenvalue weighted by Crippen LogP contribution is -2.39. The van der Waals surface area contributed by atoms with E-state index in [0.717, 1.165) is 19.3 Å². The standard InChI is InChI=1S/C11H19NO2/c1-8(13)10(11(14)12-2)9-6-4-3-5-7-9/h4,6,8-10,13H,3,5,7H2,1-2H3,(H,12,14). The second-order valence-electron chi connectivity index (χ2n) is 3.90. The topological polar surface area (TPSA) is 49.3 Å². The lowest BCUT2D eigenvalue weighted by molar-refractivity contribution is -0.129. The molecule has 1 aliphatic carbocycles. The third-order valence-electron chi connectivity index (χ3n) is 2.82. The van der Waals surface area contributed by atoms with Crippen LogP contribution in [-0.4, -0.2) is 24.2 Å². The molecule has 1 aliphatic rings. The van der Waals surface area contributed by atoms with Crippen LogP contribution < -0.4 is 5.32 Å². The average Bonchev–Trinajstić information content (AvgIpc) is 2.19. The number of rotatable bonds is 3. The van der Waals surface area contributed by atoms with E-state index in [2.05, 4.69) is 17.5 Å². The van der Waals surface area contributed by atoms with E-state index in [9.17, 15) is 9.90 Å². The van der Waals surface area contributed by atoms with Crippen LogP contribution in [0.15, 0.2) is 12.2 Å². The molecular formula is C11H19NO2. The molecule has 0 aromatic rings. The summed E-state index contributed by atoms with van der Waals surface area (Å²) in [6, 6.07) is 0. The van der Waals surface area contributed by atoms with Gasteiger partial charge in [0.2, 0.25) is 5.91 Å². The van der Waals surface area contributed by atoms with E-state index in [4.69, 9.17) is 0 Å². The molecule has 0 aromatic heterocycles. The summed E-state index contributed by atoms with van der Waals surface area (Å²) in [7, 11) is 1.62. The number of nitrogens with one attached hydrogen (secondary N) is 1. The van der Waals surface area contributed by atoms with Crippen molar-refractivity contribution in [3.63, 3.8) is 0 Å². The lowest BCUT2D eigenvalue weighted by Gasteiger charge is -2.27. The van der Waals surface area contributed by atoms with E-state index in [0.29, 0.717) is 0 Å². The van der Waals surface area contributed by atoms with Gasteiger partial charge in [0.25, 0.3) is 0 Å². The second-order valence-corrected chi connectivity index (χ2v) is 3.90. The number of hydrogen-bond acceptors (Lipinski definition) is 2. The maximum atomic E-state index is 11.5. The highest BCUT2D eigenvalue weighted by Gasteiger charge is 2.30. The first-order chi connectivity index (χ1) is 6.66. The van der Waals surface area contributed by atoms with Gasteiger partial charge in [-0.25, -0.2) is 0 Å². The monoisotopic (exact) mass is 197 g/mol. The third kappa shape index (κ3) is 2.58. The molecule has 0 radical (unpaired) electrons. The van der Waals surface area contributed by atoms with Crippen molar-refractivity contribution in [2.75, 3.05) is 7.05 Å². The molecule has 3 atom stereocenters. The van der Waals surface area contributed by atoms with Crippen molar-refractivity contribution in [3.8, 4) is 0 Å². The van der Waals surface area contributed by atoms with Crippen LogP contribution in [0, 0.1) is 11.8 Å². The molecule has 0 saturated carbocycles. The summed E-state index contributed by atoms with van der Waals surface area (Å²) in [5.41, 5.74) is 0. The predicted molar refractivity (Wildman–Crippen MR) is 55.7 cm³/mol. The van der Waals surface area contributed by atoms with Crippen LogP contribution in [0.3, 0.4) is 0 Å². The summed E-state index contributed by atoms with van der Waals surface area (Å²) in [5.74, 6) is -0.156. The van der Waals surface area contributed by atoms with Crippen LogP contribution >= 0.6 is 0 Å². The van der Waals surface area contributed by atoms with Crippen molar-refractivity contribution >= 4 is 5.91 Å². The first kappa shape index (κ1) is 11.2. The van der Waals surface area contributed by atoms with Crippen LogP contribution in [0.4, 0.5) is 0 Å². The summed E-state index contributed by atoms with van der Waals surface area (Å²) in [6.45, 7) is 1.68. The molecule has 1 rings (SSSR count). The molecule has 2 N–H and O–H groups in total. The number of amides is 1. The Morgan fingerprint density at radius 3 is 2.79 bits per heavy atom. The van der Waals surface area contributed by atoms with Crippen LogP contribution in [0.5, 0.6) is 0 Å².